The van der Waals surface area contributed by atoms with Gasteiger partial charge in [-0.05, 0) is 48.9 Å². The van der Waals surface area contributed by atoms with Gasteiger partial charge in [0.15, 0.2) is 16.7 Å². The summed E-state index contributed by atoms with van der Waals surface area (Å²) in [6.45, 7) is 1.95. The fourth-order valence-corrected chi connectivity index (χ4v) is 3.68. The molecule has 0 unspecified atom stereocenters. The lowest BCUT2D eigenvalue weighted by molar-refractivity contribution is 0.102. The largest absolute Gasteiger partial charge is 0.494 e. The Labute approximate surface area is 176 Å². The van der Waals surface area contributed by atoms with Gasteiger partial charge in [-0.2, -0.15) is 0 Å². The summed E-state index contributed by atoms with van der Waals surface area (Å²) in [7, 11) is 1.40. The van der Waals surface area contributed by atoms with E-state index < -0.39 is 5.82 Å². The molecule has 1 aromatic carbocycles. The van der Waals surface area contributed by atoms with Gasteiger partial charge >= 0.3 is 0 Å². The van der Waals surface area contributed by atoms with Gasteiger partial charge in [-0.25, -0.2) is 9.37 Å². The molecule has 0 fully saturated rings. The molecule has 0 saturated carbocycles. The van der Waals surface area contributed by atoms with Crippen LogP contribution in [0.25, 0.3) is 22.6 Å². The number of ether oxygens (including phenoxy) is 1. The van der Waals surface area contributed by atoms with Crippen LogP contribution in [0.2, 0.25) is 0 Å². The Morgan fingerprint density at radius 2 is 1.87 bits per heavy atom. The molecular formula is C22H17FN4O2S. The molecule has 4 rings (SSSR count). The van der Waals surface area contributed by atoms with Crippen molar-refractivity contribution in [2.75, 3.05) is 12.4 Å². The van der Waals surface area contributed by atoms with E-state index in [0.29, 0.717) is 27.6 Å². The van der Waals surface area contributed by atoms with Crippen LogP contribution < -0.4 is 10.1 Å². The van der Waals surface area contributed by atoms with E-state index in [2.05, 4.69) is 20.3 Å². The van der Waals surface area contributed by atoms with E-state index in [9.17, 15) is 9.18 Å². The fraction of sp³-hybridized carbons (Fsp3) is 0.0909. The Morgan fingerprint density at radius 3 is 2.60 bits per heavy atom. The highest BCUT2D eigenvalue weighted by Crippen LogP contribution is 2.29. The Bertz CT molecular complexity index is 1230. The highest BCUT2D eigenvalue weighted by molar-refractivity contribution is 7.14. The van der Waals surface area contributed by atoms with E-state index in [0.717, 1.165) is 11.3 Å². The van der Waals surface area contributed by atoms with Gasteiger partial charge in [0.05, 0.1) is 24.1 Å². The van der Waals surface area contributed by atoms with Gasteiger partial charge in [0.25, 0.3) is 5.91 Å². The standard InChI is InChI=1S/C22H17FN4O2S/c1-13-5-3-9-24-19(13)17-12-30-22(26-17)27-21(28)15-6-4-10-25-20(15)14-7-8-18(29-2)16(23)11-14/h3-12H,1-2H3,(H,26,27,28). The number of nitrogens with one attached hydrogen (secondary N) is 1. The minimum atomic E-state index is -0.526. The first kappa shape index (κ1) is 19.7. The molecule has 0 saturated heterocycles. The van der Waals surface area contributed by atoms with Gasteiger partial charge in [0.1, 0.15) is 5.69 Å². The first-order valence-electron chi connectivity index (χ1n) is 9.04. The molecule has 0 spiro atoms. The molecule has 1 N–H and O–H groups in total. The quantitative estimate of drug-likeness (QED) is 0.493. The predicted molar refractivity (Wildman–Crippen MR) is 114 cm³/mol. The molecule has 0 atom stereocenters. The topological polar surface area (TPSA) is 77.0 Å². The summed E-state index contributed by atoms with van der Waals surface area (Å²) in [5.41, 5.74) is 3.61. The molecule has 150 valence electrons. The molecule has 3 aromatic heterocycles. The Hall–Kier alpha value is -3.65. The molecule has 0 radical (unpaired) electrons. The van der Waals surface area contributed by atoms with E-state index in [1.807, 2.05) is 24.4 Å². The number of methoxy groups -OCH3 is 1. The molecule has 4 aromatic rings. The van der Waals surface area contributed by atoms with Crippen molar-refractivity contribution >= 4 is 22.4 Å². The zero-order chi connectivity index (χ0) is 21.1. The number of benzene rings is 1. The van der Waals surface area contributed by atoms with Gasteiger partial charge in [-0.15, -0.1) is 11.3 Å². The summed E-state index contributed by atoms with van der Waals surface area (Å²) in [6, 6.07) is 11.6. The van der Waals surface area contributed by atoms with Crippen LogP contribution in [0.1, 0.15) is 15.9 Å². The second kappa shape index (κ2) is 8.38. The van der Waals surface area contributed by atoms with Crippen molar-refractivity contribution in [3.8, 4) is 28.4 Å². The Kier molecular flexibility index (Phi) is 5.49. The Morgan fingerprint density at radius 1 is 1.10 bits per heavy atom. The normalized spacial score (nSPS) is 10.6. The molecule has 1 amide bonds. The van der Waals surface area contributed by atoms with Crippen molar-refractivity contribution in [2.45, 2.75) is 6.92 Å². The average molecular weight is 420 g/mol. The number of halogens is 1. The highest BCUT2D eigenvalue weighted by Gasteiger charge is 2.17. The molecule has 0 bridgehead atoms. The summed E-state index contributed by atoms with van der Waals surface area (Å²) in [5, 5.41) is 5.08. The van der Waals surface area contributed by atoms with E-state index >= 15 is 0 Å². The highest BCUT2D eigenvalue weighted by atomic mass is 32.1. The molecule has 6 nitrogen and oxygen atoms in total. The number of amides is 1. The van der Waals surface area contributed by atoms with Crippen molar-refractivity contribution in [1.29, 1.82) is 0 Å². The van der Waals surface area contributed by atoms with Crippen LogP contribution in [0, 0.1) is 12.7 Å². The SMILES string of the molecule is COc1ccc(-c2ncccc2C(=O)Nc2nc(-c3ncccc3C)cs2)cc1F. The molecule has 0 aliphatic rings. The predicted octanol–water partition coefficient (Wildman–Crippen LogP) is 4.98. The number of carbonyl (C=O) groups is 1. The summed E-state index contributed by atoms with van der Waals surface area (Å²) in [4.78, 5) is 26.0. The van der Waals surface area contributed by atoms with Crippen molar-refractivity contribution in [2.24, 2.45) is 0 Å². The minimum absolute atomic E-state index is 0.126. The van der Waals surface area contributed by atoms with Crippen molar-refractivity contribution in [1.82, 2.24) is 15.0 Å². The fourth-order valence-electron chi connectivity index (χ4n) is 2.99. The smallest absolute Gasteiger partial charge is 0.259 e. The summed E-state index contributed by atoms with van der Waals surface area (Å²) in [5.74, 6) is -0.781. The lowest BCUT2D eigenvalue weighted by Gasteiger charge is -2.09. The summed E-state index contributed by atoms with van der Waals surface area (Å²) < 4.78 is 19.1. The molecule has 0 aliphatic heterocycles. The third-order valence-electron chi connectivity index (χ3n) is 4.45. The van der Waals surface area contributed by atoms with Crippen LogP contribution in [0.15, 0.2) is 60.2 Å². The van der Waals surface area contributed by atoms with Gasteiger partial charge in [-0.3, -0.25) is 20.1 Å². The monoisotopic (exact) mass is 420 g/mol. The maximum Gasteiger partial charge on any atom is 0.259 e. The third kappa shape index (κ3) is 3.90. The maximum absolute atomic E-state index is 14.1. The van der Waals surface area contributed by atoms with Crippen molar-refractivity contribution in [3.63, 3.8) is 0 Å². The van der Waals surface area contributed by atoms with E-state index in [1.54, 1.807) is 30.6 Å². The maximum atomic E-state index is 14.1. The number of hydrogen-bond donors (Lipinski definition) is 1. The second-order valence-electron chi connectivity index (χ2n) is 6.41. The number of rotatable bonds is 5. The lowest BCUT2D eigenvalue weighted by atomic mass is 10.0. The number of hydrogen-bond acceptors (Lipinski definition) is 6. The number of pyridine rings is 2. The van der Waals surface area contributed by atoms with Crippen LogP contribution in [0.3, 0.4) is 0 Å². The lowest BCUT2D eigenvalue weighted by Crippen LogP contribution is -2.13. The number of anilines is 1. The first-order valence-corrected chi connectivity index (χ1v) is 9.92. The number of aryl methyl sites for hydroxylation is 1. The summed E-state index contributed by atoms with van der Waals surface area (Å²) in [6.07, 6.45) is 3.26. The van der Waals surface area contributed by atoms with Gasteiger partial charge in [-0.1, -0.05) is 6.07 Å². The van der Waals surface area contributed by atoms with Crippen LogP contribution in [0.5, 0.6) is 5.75 Å². The zero-order valence-electron chi connectivity index (χ0n) is 16.2. The average Bonchev–Trinajstić information content (AvgIpc) is 3.22. The molecule has 30 heavy (non-hydrogen) atoms. The van der Waals surface area contributed by atoms with E-state index in [1.165, 1.54) is 30.6 Å². The molecular weight excluding hydrogens is 403 g/mol. The number of carbonyl (C=O) groups excluding carboxylic acids is 1. The van der Waals surface area contributed by atoms with Crippen LogP contribution >= 0.6 is 11.3 Å². The van der Waals surface area contributed by atoms with E-state index in [-0.39, 0.29) is 11.7 Å². The molecule has 3 heterocycles. The minimum Gasteiger partial charge on any atom is -0.494 e. The van der Waals surface area contributed by atoms with Crippen molar-refractivity contribution in [3.05, 3.63) is 77.2 Å². The van der Waals surface area contributed by atoms with E-state index in [4.69, 9.17) is 4.74 Å². The third-order valence-corrected chi connectivity index (χ3v) is 5.21. The van der Waals surface area contributed by atoms with Crippen LogP contribution in [-0.4, -0.2) is 28.0 Å². The summed E-state index contributed by atoms with van der Waals surface area (Å²) >= 11 is 1.31. The molecule has 8 heteroatoms. The number of nitrogens with zero attached hydrogens (tertiary/aromatic N) is 3. The number of thiazole rings is 1. The number of aromatic nitrogens is 3. The van der Waals surface area contributed by atoms with Gasteiger partial charge in [0.2, 0.25) is 0 Å². The Balaban J connectivity index is 1.61. The van der Waals surface area contributed by atoms with Crippen LogP contribution in [0.4, 0.5) is 9.52 Å². The van der Waals surface area contributed by atoms with Gasteiger partial charge < -0.3 is 4.74 Å². The molecule has 0 aliphatic carbocycles. The van der Waals surface area contributed by atoms with Crippen LogP contribution in [-0.2, 0) is 0 Å². The van der Waals surface area contributed by atoms with Crippen molar-refractivity contribution < 1.29 is 13.9 Å². The van der Waals surface area contributed by atoms with Gasteiger partial charge in [0, 0.05) is 23.3 Å². The second-order valence-corrected chi connectivity index (χ2v) is 7.27. The zero-order valence-corrected chi connectivity index (χ0v) is 17.0. The first-order chi connectivity index (χ1) is 14.6.